The molecule has 20 heavy (non-hydrogen) atoms. The molecule has 4 aliphatic rings. The lowest BCUT2D eigenvalue weighted by Crippen LogP contribution is -2.44. The van der Waals surface area contributed by atoms with Crippen LogP contribution in [0.25, 0.3) is 0 Å². The van der Waals surface area contributed by atoms with Gasteiger partial charge in [-0.25, -0.2) is 4.79 Å². The van der Waals surface area contributed by atoms with Crippen molar-refractivity contribution in [2.75, 3.05) is 6.61 Å². The van der Waals surface area contributed by atoms with E-state index < -0.39 is 17.5 Å². The molecule has 0 aliphatic heterocycles. The molecule has 3 bridgehead atoms. The molecule has 0 aromatic carbocycles. The molecule has 3 nitrogen and oxygen atoms in total. The van der Waals surface area contributed by atoms with Crippen LogP contribution < -0.4 is 0 Å². The number of carbonyl (C=O) groups is 1. The second-order valence-electron chi connectivity index (χ2n) is 7.99. The average Bonchev–Trinajstić information content (AvgIpc) is 2.59. The highest BCUT2D eigenvalue weighted by atomic mass is 19.3. The summed E-state index contributed by atoms with van der Waals surface area (Å²) in [5.74, 6) is -3.67. The zero-order valence-electron chi connectivity index (χ0n) is 11.6. The maximum atomic E-state index is 12.9. The van der Waals surface area contributed by atoms with Crippen LogP contribution in [-0.2, 0) is 9.53 Å². The lowest BCUT2D eigenvalue weighted by atomic mass is 9.55. The van der Waals surface area contributed by atoms with Crippen LogP contribution in [-0.4, -0.2) is 29.2 Å². The van der Waals surface area contributed by atoms with Crippen LogP contribution >= 0.6 is 0 Å². The van der Waals surface area contributed by atoms with E-state index in [1.165, 1.54) is 0 Å². The van der Waals surface area contributed by atoms with Gasteiger partial charge in [0.25, 0.3) is 0 Å². The molecule has 0 aromatic heterocycles. The molecule has 112 valence electrons. The molecular weight excluding hydrogens is 266 g/mol. The van der Waals surface area contributed by atoms with Gasteiger partial charge in [0.05, 0.1) is 12.2 Å². The predicted molar refractivity (Wildman–Crippen MR) is 66.1 cm³/mol. The number of fused-ring (bicyclic) bond motifs is 2. The number of esters is 1. The SMILES string of the molecule is CC(F)(F)C(=O)OCC12CC3CC4CC(O)(C1)CC43C2. The molecule has 4 rings (SSSR count). The number of alkyl halides is 2. The van der Waals surface area contributed by atoms with E-state index in [9.17, 15) is 18.7 Å². The number of ether oxygens (including phenoxy) is 1. The van der Waals surface area contributed by atoms with E-state index in [0.29, 0.717) is 25.2 Å². The standard InChI is InChI=1S/C15H20F2O3/c1-12(16,17)11(18)20-8-13-3-9-2-10-4-14(19,5-13)7-15(9,10)6-13/h9-10,19H,2-8H2,1H3. The third-order valence-electron chi connectivity index (χ3n) is 6.44. The fourth-order valence-corrected chi connectivity index (χ4v) is 6.11. The molecule has 4 aliphatic carbocycles. The van der Waals surface area contributed by atoms with Gasteiger partial charge in [0.15, 0.2) is 0 Å². The Morgan fingerprint density at radius 1 is 1.30 bits per heavy atom. The van der Waals surface area contributed by atoms with Gasteiger partial charge in [-0.1, -0.05) is 0 Å². The molecule has 5 heteroatoms. The van der Waals surface area contributed by atoms with Crippen molar-refractivity contribution in [2.45, 2.75) is 57.0 Å². The van der Waals surface area contributed by atoms with Gasteiger partial charge >= 0.3 is 11.9 Å². The first-order valence-electron chi connectivity index (χ1n) is 7.44. The molecule has 1 N–H and O–H groups in total. The minimum atomic E-state index is -3.43. The van der Waals surface area contributed by atoms with Crippen molar-refractivity contribution in [2.24, 2.45) is 22.7 Å². The molecule has 4 fully saturated rings. The van der Waals surface area contributed by atoms with Crippen LogP contribution in [0.2, 0.25) is 0 Å². The summed E-state index contributed by atoms with van der Waals surface area (Å²) in [6, 6.07) is 0. The van der Waals surface area contributed by atoms with Gasteiger partial charge in [0, 0.05) is 12.3 Å². The summed E-state index contributed by atoms with van der Waals surface area (Å²) < 4.78 is 30.7. The summed E-state index contributed by atoms with van der Waals surface area (Å²) in [4.78, 5) is 11.3. The molecule has 1 spiro atoms. The average molecular weight is 286 g/mol. The maximum absolute atomic E-state index is 12.9. The van der Waals surface area contributed by atoms with Gasteiger partial charge in [-0.2, -0.15) is 8.78 Å². The summed E-state index contributed by atoms with van der Waals surface area (Å²) >= 11 is 0. The lowest BCUT2D eigenvalue weighted by molar-refractivity contribution is -0.175. The fourth-order valence-electron chi connectivity index (χ4n) is 6.11. The van der Waals surface area contributed by atoms with E-state index in [-0.39, 0.29) is 17.4 Å². The minimum absolute atomic E-state index is 0.0442. The summed E-state index contributed by atoms with van der Waals surface area (Å²) in [5.41, 5.74) is -0.673. The van der Waals surface area contributed by atoms with Gasteiger partial charge in [-0.05, 0) is 55.8 Å². The lowest BCUT2D eigenvalue weighted by Gasteiger charge is -2.49. The summed E-state index contributed by atoms with van der Waals surface area (Å²) in [6.45, 7) is 0.612. The molecule has 0 amide bonds. The van der Waals surface area contributed by atoms with E-state index in [1.54, 1.807) is 0 Å². The Bertz CT molecular complexity index is 484. The third kappa shape index (κ3) is 1.50. The van der Waals surface area contributed by atoms with Crippen molar-refractivity contribution in [1.82, 2.24) is 0 Å². The normalized spacial score (nSPS) is 51.8. The van der Waals surface area contributed by atoms with E-state index in [1.807, 2.05) is 0 Å². The summed E-state index contributed by atoms with van der Waals surface area (Å²) in [5, 5.41) is 10.7. The molecule has 5 atom stereocenters. The smallest absolute Gasteiger partial charge is 0.376 e. The number of hydrogen-bond acceptors (Lipinski definition) is 3. The monoisotopic (exact) mass is 286 g/mol. The maximum Gasteiger partial charge on any atom is 0.376 e. The number of aliphatic hydroxyl groups is 1. The summed E-state index contributed by atoms with van der Waals surface area (Å²) in [7, 11) is 0. The van der Waals surface area contributed by atoms with Crippen molar-refractivity contribution >= 4 is 5.97 Å². The van der Waals surface area contributed by atoms with Gasteiger partial charge in [-0.3, -0.25) is 0 Å². The first kappa shape index (κ1) is 13.0. The largest absolute Gasteiger partial charge is 0.461 e. The number of halogens is 2. The Labute approximate surface area is 116 Å². The number of rotatable bonds is 3. The van der Waals surface area contributed by atoms with E-state index >= 15 is 0 Å². The second kappa shape index (κ2) is 3.37. The fraction of sp³-hybridized carbons (Fsp3) is 0.933. The molecule has 0 heterocycles. The Kier molecular flexibility index (Phi) is 2.19. The van der Waals surface area contributed by atoms with Crippen molar-refractivity contribution < 1.29 is 23.4 Å². The number of hydrogen-bond donors (Lipinski definition) is 1. The van der Waals surface area contributed by atoms with Gasteiger partial charge in [0.2, 0.25) is 0 Å². The molecule has 0 saturated heterocycles. The first-order valence-corrected chi connectivity index (χ1v) is 7.44. The van der Waals surface area contributed by atoms with Crippen molar-refractivity contribution in [3.8, 4) is 0 Å². The van der Waals surface area contributed by atoms with Gasteiger partial charge in [0.1, 0.15) is 0 Å². The summed E-state index contributed by atoms with van der Waals surface area (Å²) in [6.07, 6.45) is 5.35. The quantitative estimate of drug-likeness (QED) is 0.811. The van der Waals surface area contributed by atoms with Crippen LogP contribution in [0.5, 0.6) is 0 Å². The highest BCUT2D eigenvalue weighted by Gasteiger charge is 2.74. The molecule has 4 saturated carbocycles. The van der Waals surface area contributed by atoms with Crippen LogP contribution in [0.3, 0.4) is 0 Å². The highest BCUT2D eigenvalue weighted by Crippen LogP contribution is 2.79. The van der Waals surface area contributed by atoms with E-state index in [0.717, 1.165) is 32.1 Å². The van der Waals surface area contributed by atoms with Gasteiger partial charge in [-0.15, -0.1) is 0 Å². The Balaban J connectivity index is 1.53. The van der Waals surface area contributed by atoms with Crippen LogP contribution in [0.15, 0.2) is 0 Å². The van der Waals surface area contributed by atoms with Crippen LogP contribution in [0.4, 0.5) is 8.78 Å². The van der Waals surface area contributed by atoms with Crippen LogP contribution in [0, 0.1) is 22.7 Å². The molecular formula is C15H20F2O3. The molecule has 0 aromatic rings. The zero-order chi connectivity index (χ0) is 14.4. The zero-order valence-corrected chi connectivity index (χ0v) is 11.6. The predicted octanol–water partition coefficient (Wildman–Crippen LogP) is 2.52. The Morgan fingerprint density at radius 2 is 2.00 bits per heavy atom. The van der Waals surface area contributed by atoms with Crippen LogP contribution in [0.1, 0.15) is 45.4 Å². The Morgan fingerprint density at radius 3 is 2.70 bits per heavy atom. The van der Waals surface area contributed by atoms with Gasteiger partial charge < -0.3 is 9.84 Å². The van der Waals surface area contributed by atoms with E-state index in [4.69, 9.17) is 4.74 Å². The number of carbonyl (C=O) groups excluding carboxylic acids is 1. The minimum Gasteiger partial charge on any atom is -0.461 e. The molecule has 0 radical (unpaired) electrons. The highest BCUT2D eigenvalue weighted by molar-refractivity contribution is 5.76. The topological polar surface area (TPSA) is 46.5 Å². The van der Waals surface area contributed by atoms with Crippen molar-refractivity contribution in [1.29, 1.82) is 0 Å². The second-order valence-corrected chi connectivity index (χ2v) is 7.99. The molecule has 5 unspecified atom stereocenters. The van der Waals surface area contributed by atoms with Crippen molar-refractivity contribution in [3.63, 3.8) is 0 Å². The van der Waals surface area contributed by atoms with E-state index in [2.05, 4.69) is 0 Å². The Hall–Kier alpha value is -0.710. The van der Waals surface area contributed by atoms with Crippen molar-refractivity contribution in [3.05, 3.63) is 0 Å². The third-order valence-corrected chi connectivity index (χ3v) is 6.44. The first-order chi connectivity index (χ1) is 9.17.